The normalized spacial score (nSPS) is 14.9. The number of benzene rings is 1. The number of piperidine rings is 1. The van der Waals surface area contributed by atoms with E-state index in [1.165, 1.54) is 11.3 Å². The van der Waals surface area contributed by atoms with Crippen molar-refractivity contribution in [3.8, 4) is 11.3 Å². The molecule has 0 saturated carbocycles. The molecule has 2 heterocycles. The highest BCUT2D eigenvalue weighted by Crippen LogP contribution is 2.31. The van der Waals surface area contributed by atoms with Crippen LogP contribution in [0.4, 0.5) is 5.13 Å². The van der Waals surface area contributed by atoms with Crippen molar-refractivity contribution in [2.45, 2.75) is 25.3 Å². The van der Waals surface area contributed by atoms with Gasteiger partial charge in [0.25, 0.3) is 0 Å². The molecule has 0 radical (unpaired) electrons. The molecule has 0 bridgehead atoms. The molecule has 2 aromatic rings. The topological polar surface area (TPSA) is 136 Å². The van der Waals surface area contributed by atoms with Crippen molar-refractivity contribution in [2.75, 3.05) is 38.1 Å². The average molecular weight is 445 g/mol. The van der Waals surface area contributed by atoms with Crippen molar-refractivity contribution in [3.63, 3.8) is 0 Å². The highest BCUT2D eigenvalue weighted by atomic mass is 32.1. The summed E-state index contributed by atoms with van der Waals surface area (Å²) >= 11 is 1.54. The molecular weight excluding hydrogens is 416 g/mol. The van der Waals surface area contributed by atoms with Gasteiger partial charge in [-0.3, -0.25) is 19.9 Å². The number of nitrogen functional groups attached to an aromatic ring is 1. The van der Waals surface area contributed by atoms with E-state index in [1.807, 2.05) is 22.4 Å². The summed E-state index contributed by atoms with van der Waals surface area (Å²) in [6.07, 6.45) is 2.01. The van der Waals surface area contributed by atoms with Crippen molar-refractivity contribution in [2.24, 2.45) is 5.73 Å². The number of carboxylic acids is 1. The molecule has 1 saturated heterocycles. The lowest BCUT2D eigenvalue weighted by molar-refractivity contribution is -0.138. The van der Waals surface area contributed by atoms with Crippen LogP contribution in [0.3, 0.4) is 0 Å². The predicted octanol–water partition coefficient (Wildman–Crippen LogP) is 1.59. The maximum atomic E-state index is 11.9. The van der Waals surface area contributed by atoms with Gasteiger partial charge in [0, 0.05) is 55.7 Å². The number of anilines is 1. The number of carbonyl (C=O) groups is 2. The van der Waals surface area contributed by atoms with Crippen molar-refractivity contribution in [3.05, 3.63) is 35.2 Å². The Kier molecular flexibility index (Phi) is 7.59. The monoisotopic (exact) mass is 444 g/mol. The molecule has 31 heavy (non-hydrogen) atoms. The number of hydrogen-bond acceptors (Lipinski definition) is 7. The minimum absolute atomic E-state index is 0.0232. The van der Waals surface area contributed by atoms with Crippen molar-refractivity contribution < 1.29 is 14.7 Å². The summed E-state index contributed by atoms with van der Waals surface area (Å²) in [4.78, 5) is 31.8. The van der Waals surface area contributed by atoms with Crippen LogP contribution in [0.5, 0.6) is 0 Å². The summed E-state index contributed by atoms with van der Waals surface area (Å²) in [7, 11) is 1.63. The number of rotatable bonds is 9. The van der Waals surface area contributed by atoms with Gasteiger partial charge in [-0.25, -0.2) is 4.98 Å². The third kappa shape index (κ3) is 6.02. The average Bonchev–Trinajstić information content (AvgIpc) is 3.24. The van der Waals surface area contributed by atoms with Crippen molar-refractivity contribution >= 4 is 34.2 Å². The standard InChI is InChI=1S/C21H28N6O3S/c1-24-18(28)8-11-27(16-6-9-26(10-7-16)12-19(29)30)21-25-17(13-31-21)14-2-4-15(5-3-14)20(22)23/h2-5,13,16H,6-12H2,1H3,(H3,22,23)(H,24,28)(H,29,30). The van der Waals surface area contributed by atoms with Gasteiger partial charge in [0.1, 0.15) is 5.84 Å². The van der Waals surface area contributed by atoms with E-state index in [0.29, 0.717) is 31.6 Å². The number of aliphatic carboxylic acids is 1. The van der Waals surface area contributed by atoms with Crippen LogP contribution in [0.15, 0.2) is 29.6 Å². The largest absolute Gasteiger partial charge is 0.480 e. The smallest absolute Gasteiger partial charge is 0.317 e. The summed E-state index contributed by atoms with van der Waals surface area (Å²) < 4.78 is 0. The molecule has 10 heteroatoms. The Morgan fingerprint density at radius 1 is 1.32 bits per heavy atom. The van der Waals surface area contributed by atoms with Gasteiger partial charge >= 0.3 is 5.97 Å². The van der Waals surface area contributed by atoms with E-state index in [0.717, 1.165) is 29.2 Å². The second kappa shape index (κ2) is 10.4. The Balaban J connectivity index is 1.75. The molecule has 1 aliphatic heterocycles. The fourth-order valence-corrected chi connectivity index (χ4v) is 4.64. The summed E-state index contributed by atoms with van der Waals surface area (Å²) in [6, 6.07) is 7.61. The quantitative estimate of drug-likeness (QED) is 0.341. The zero-order chi connectivity index (χ0) is 22.4. The van der Waals surface area contributed by atoms with Gasteiger partial charge in [-0.05, 0) is 12.8 Å². The van der Waals surface area contributed by atoms with E-state index >= 15 is 0 Å². The van der Waals surface area contributed by atoms with E-state index in [-0.39, 0.29) is 24.3 Å². The van der Waals surface area contributed by atoms with Crippen LogP contribution >= 0.6 is 11.3 Å². The minimum Gasteiger partial charge on any atom is -0.480 e. The van der Waals surface area contributed by atoms with Gasteiger partial charge in [0.15, 0.2) is 5.13 Å². The van der Waals surface area contributed by atoms with Crippen LogP contribution in [0.2, 0.25) is 0 Å². The van der Waals surface area contributed by atoms with Gasteiger partial charge < -0.3 is 21.1 Å². The summed E-state index contributed by atoms with van der Waals surface area (Å²) in [5, 5.41) is 22.1. The molecule has 3 rings (SSSR count). The molecule has 166 valence electrons. The Hall–Kier alpha value is -2.98. The zero-order valence-corrected chi connectivity index (χ0v) is 18.3. The number of thiazole rings is 1. The lowest BCUT2D eigenvalue weighted by atomic mass is 10.0. The fraction of sp³-hybridized carbons (Fsp3) is 0.429. The molecule has 1 aliphatic rings. The third-order valence-corrected chi connectivity index (χ3v) is 6.32. The SMILES string of the molecule is CNC(=O)CCN(c1nc(-c2ccc(C(=N)N)cc2)cs1)C1CCN(CC(=O)O)CC1. The van der Waals surface area contributed by atoms with E-state index < -0.39 is 5.97 Å². The van der Waals surface area contributed by atoms with E-state index in [4.69, 9.17) is 21.2 Å². The first-order chi connectivity index (χ1) is 14.9. The molecule has 0 aliphatic carbocycles. The van der Waals surface area contributed by atoms with Crippen LogP contribution in [-0.2, 0) is 9.59 Å². The molecule has 0 atom stereocenters. The molecule has 5 N–H and O–H groups in total. The van der Waals surface area contributed by atoms with Crippen LogP contribution in [0.25, 0.3) is 11.3 Å². The maximum Gasteiger partial charge on any atom is 0.317 e. The van der Waals surface area contributed by atoms with E-state index in [2.05, 4.69) is 10.2 Å². The number of nitrogens with two attached hydrogens (primary N) is 1. The molecule has 1 aromatic carbocycles. The van der Waals surface area contributed by atoms with Crippen LogP contribution in [-0.4, -0.2) is 72.0 Å². The molecular formula is C21H28N6O3S. The number of carboxylic acid groups (broad SMARTS) is 1. The van der Waals surface area contributed by atoms with Crippen molar-refractivity contribution in [1.29, 1.82) is 5.41 Å². The lowest BCUT2D eigenvalue weighted by Crippen LogP contribution is -2.47. The Morgan fingerprint density at radius 3 is 2.58 bits per heavy atom. The zero-order valence-electron chi connectivity index (χ0n) is 17.5. The molecule has 0 unspecified atom stereocenters. The number of nitrogens with zero attached hydrogens (tertiary/aromatic N) is 3. The predicted molar refractivity (Wildman–Crippen MR) is 122 cm³/mol. The van der Waals surface area contributed by atoms with Gasteiger partial charge in [-0.15, -0.1) is 11.3 Å². The molecule has 1 fully saturated rings. The van der Waals surface area contributed by atoms with Gasteiger partial charge in [-0.1, -0.05) is 24.3 Å². The van der Waals surface area contributed by atoms with Gasteiger partial charge in [-0.2, -0.15) is 0 Å². The first-order valence-electron chi connectivity index (χ1n) is 10.2. The van der Waals surface area contributed by atoms with Gasteiger partial charge in [0.2, 0.25) is 5.91 Å². The first-order valence-corrected chi connectivity index (χ1v) is 11.1. The second-order valence-electron chi connectivity index (χ2n) is 7.52. The molecule has 9 nitrogen and oxygen atoms in total. The number of carbonyl (C=O) groups excluding carboxylic acids is 1. The molecule has 0 spiro atoms. The number of amidine groups is 1. The van der Waals surface area contributed by atoms with Crippen LogP contribution in [0, 0.1) is 5.41 Å². The van der Waals surface area contributed by atoms with E-state index in [1.54, 1.807) is 19.2 Å². The third-order valence-electron chi connectivity index (χ3n) is 5.44. The molecule has 1 amide bonds. The number of amides is 1. The Morgan fingerprint density at radius 2 is 2.00 bits per heavy atom. The Labute approximate surface area is 185 Å². The number of aromatic nitrogens is 1. The summed E-state index contributed by atoms with van der Waals surface area (Å²) in [5.41, 5.74) is 7.97. The summed E-state index contributed by atoms with van der Waals surface area (Å²) in [5.74, 6) is -0.805. The first kappa shape index (κ1) is 22.7. The van der Waals surface area contributed by atoms with Crippen LogP contribution in [0.1, 0.15) is 24.8 Å². The lowest BCUT2D eigenvalue weighted by Gasteiger charge is -2.38. The van der Waals surface area contributed by atoms with E-state index in [9.17, 15) is 9.59 Å². The Bertz CT molecular complexity index is 921. The van der Waals surface area contributed by atoms with Crippen molar-refractivity contribution in [1.82, 2.24) is 15.2 Å². The highest BCUT2D eigenvalue weighted by Gasteiger charge is 2.27. The fourth-order valence-electron chi connectivity index (χ4n) is 3.71. The second-order valence-corrected chi connectivity index (χ2v) is 8.36. The number of hydrogen-bond donors (Lipinski definition) is 4. The minimum atomic E-state index is -0.810. The van der Waals surface area contributed by atoms with Gasteiger partial charge in [0.05, 0.1) is 12.2 Å². The maximum absolute atomic E-state index is 11.9. The molecule has 1 aromatic heterocycles. The van der Waals surface area contributed by atoms with Crippen LogP contribution < -0.4 is 16.0 Å². The number of likely N-dealkylation sites (tertiary alicyclic amines) is 1. The summed E-state index contributed by atoms with van der Waals surface area (Å²) in [6.45, 7) is 2.03. The highest BCUT2D eigenvalue weighted by molar-refractivity contribution is 7.14. The number of nitrogens with one attached hydrogen (secondary N) is 2.